The van der Waals surface area contributed by atoms with Crippen molar-refractivity contribution in [2.24, 2.45) is 5.92 Å². The SMILES string of the molecule is O=C(Nc1cnccc1OCC(F)(F)F)c1ccnc(NCC2CC2)n1. The molecule has 0 saturated heterocycles. The molecule has 2 N–H and O–H groups in total. The number of pyridine rings is 1. The zero-order chi connectivity index (χ0) is 18.6. The van der Waals surface area contributed by atoms with Crippen LogP contribution in [0.15, 0.2) is 30.7 Å². The highest BCUT2D eigenvalue weighted by atomic mass is 19.4. The third-order valence-corrected chi connectivity index (χ3v) is 3.55. The molecule has 3 rings (SSSR count). The molecule has 0 atom stereocenters. The van der Waals surface area contributed by atoms with E-state index < -0.39 is 18.7 Å². The molecule has 0 aliphatic heterocycles. The van der Waals surface area contributed by atoms with Gasteiger partial charge >= 0.3 is 6.18 Å². The average Bonchev–Trinajstić information content (AvgIpc) is 3.43. The zero-order valence-electron chi connectivity index (χ0n) is 13.6. The van der Waals surface area contributed by atoms with Crippen LogP contribution in [0.4, 0.5) is 24.8 Å². The smallest absolute Gasteiger partial charge is 0.422 e. The largest absolute Gasteiger partial charge is 0.482 e. The minimum atomic E-state index is -4.49. The molecule has 0 spiro atoms. The summed E-state index contributed by atoms with van der Waals surface area (Å²) >= 11 is 0. The van der Waals surface area contributed by atoms with Crippen LogP contribution in [-0.2, 0) is 0 Å². The van der Waals surface area contributed by atoms with E-state index in [1.807, 2.05) is 0 Å². The van der Waals surface area contributed by atoms with Crippen molar-refractivity contribution in [3.05, 3.63) is 36.4 Å². The lowest BCUT2D eigenvalue weighted by molar-refractivity contribution is -0.153. The van der Waals surface area contributed by atoms with Gasteiger partial charge in [0.15, 0.2) is 6.61 Å². The number of hydrogen-bond acceptors (Lipinski definition) is 6. The number of carbonyl (C=O) groups excluding carboxylic acids is 1. The molecule has 0 aromatic carbocycles. The predicted octanol–water partition coefficient (Wildman–Crippen LogP) is 2.89. The Kier molecular flexibility index (Phi) is 5.19. The van der Waals surface area contributed by atoms with Gasteiger partial charge in [-0.3, -0.25) is 9.78 Å². The first-order chi connectivity index (χ1) is 12.4. The fourth-order valence-corrected chi connectivity index (χ4v) is 2.08. The van der Waals surface area contributed by atoms with E-state index in [9.17, 15) is 18.0 Å². The topological polar surface area (TPSA) is 89.0 Å². The highest BCUT2D eigenvalue weighted by molar-refractivity contribution is 6.03. The molecule has 0 radical (unpaired) electrons. The standard InChI is InChI=1S/C16H16F3N5O2/c17-16(18,19)9-26-13-4-5-20-8-12(13)23-14(25)11-3-6-21-15(24-11)22-7-10-1-2-10/h3-6,8,10H,1-2,7,9H2,(H,23,25)(H,21,22,24). The summed E-state index contributed by atoms with van der Waals surface area (Å²) in [5, 5.41) is 5.51. The number of halogens is 3. The number of rotatable bonds is 7. The molecule has 7 nitrogen and oxygen atoms in total. The van der Waals surface area contributed by atoms with Crippen molar-refractivity contribution >= 4 is 17.5 Å². The number of amides is 1. The number of nitrogens with zero attached hydrogens (tertiary/aromatic N) is 3. The molecule has 1 fully saturated rings. The van der Waals surface area contributed by atoms with Crippen LogP contribution in [0.5, 0.6) is 5.75 Å². The molecule has 2 aromatic heterocycles. The first-order valence-electron chi connectivity index (χ1n) is 7.92. The van der Waals surface area contributed by atoms with Crippen LogP contribution >= 0.6 is 0 Å². The summed E-state index contributed by atoms with van der Waals surface area (Å²) in [4.78, 5) is 24.3. The van der Waals surface area contributed by atoms with Crippen molar-refractivity contribution in [3.63, 3.8) is 0 Å². The number of anilines is 2. The Morgan fingerprint density at radius 1 is 1.27 bits per heavy atom. The summed E-state index contributed by atoms with van der Waals surface area (Å²) in [5.74, 6) is 0.197. The molecule has 2 heterocycles. The first kappa shape index (κ1) is 17.9. The highest BCUT2D eigenvalue weighted by Gasteiger charge is 2.29. The second-order valence-electron chi connectivity index (χ2n) is 5.82. The Labute approximate surface area is 147 Å². The van der Waals surface area contributed by atoms with Crippen LogP contribution in [0.25, 0.3) is 0 Å². The monoisotopic (exact) mass is 367 g/mol. The normalized spacial score (nSPS) is 14.0. The summed E-state index contributed by atoms with van der Waals surface area (Å²) in [6.45, 7) is -0.730. The van der Waals surface area contributed by atoms with E-state index in [1.54, 1.807) is 0 Å². The Morgan fingerprint density at radius 3 is 2.81 bits per heavy atom. The third kappa shape index (κ3) is 5.30. The molecule has 1 amide bonds. The number of hydrogen-bond donors (Lipinski definition) is 2. The van der Waals surface area contributed by atoms with Gasteiger partial charge in [0, 0.05) is 25.0 Å². The van der Waals surface area contributed by atoms with E-state index in [0.717, 1.165) is 19.4 Å². The molecule has 26 heavy (non-hydrogen) atoms. The Balaban J connectivity index is 1.66. The third-order valence-electron chi connectivity index (χ3n) is 3.55. The Bertz CT molecular complexity index is 780. The number of ether oxygens (including phenoxy) is 1. The fraction of sp³-hybridized carbons (Fsp3) is 0.375. The Hall–Kier alpha value is -2.91. The van der Waals surface area contributed by atoms with E-state index in [4.69, 9.17) is 4.74 Å². The molecule has 138 valence electrons. The number of aromatic nitrogens is 3. The highest BCUT2D eigenvalue weighted by Crippen LogP contribution is 2.28. The van der Waals surface area contributed by atoms with Crippen LogP contribution in [0.3, 0.4) is 0 Å². The van der Waals surface area contributed by atoms with Crippen LogP contribution in [0, 0.1) is 5.92 Å². The zero-order valence-corrected chi connectivity index (χ0v) is 13.6. The van der Waals surface area contributed by atoms with E-state index in [-0.39, 0.29) is 17.1 Å². The van der Waals surface area contributed by atoms with Gasteiger partial charge in [-0.2, -0.15) is 13.2 Å². The molecule has 1 aliphatic carbocycles. The molecular weight excluding hydrogens is 351 g/mol. The average molecular weight is 367 g/mol. The second-order valence-corrected chi connectivity index (χ2v) is 5.82. The molecule has 1 saturated carbocycles. The van der Waals surface area contributed by atoms with Crippen molar-refractivity contribution in [1.29, 1.82) is 0 Å². The van der Waals surface area contributed by atoms with Gasteiger partial charge in [-0.1, -0.05) is 0 Å². The molecule has 0 bridgehead atoms. The number of alkyl halides is 3. The minimum absolute atomic E-state index is 0.0212. The van der Waals surface area contributed by atoms with Gasteiger partial charge in [0.25, 0.3) is 5.91 Å². The molecule has 10 heteroatoms. The van der Waals surface area contributed by atoms with Crippen LogP contribution in [-0.4, -0.2) is 40.2 Å². The van der Waals surface area contributed by atoms with Gasteiger partial charge in [-0.15, -0.1) is 0 Å². The maximum Gasteiger partial charge on any atom is 0.422 e. The summed E-state index contributed by atoms with van der Waals surface area (Å²) in [6, 6.07) is 2.65. The molecule has 2 aromatic rings. The van der Waals surface area contributed by atoms with Gasteiger partial charge in [-0.05, 0) is 24.8 Å². The summed E-state index contributed by atoms with van der Waals surface area (Å²) in [6.07, 6.45) is 1.74. The fourth-order valence-electron chi connectivity index (χ4n) is 2.08. The summed E-state index contributed by atoms with van der Waals surface area (Å²) in [5.41, 5.74) is 0.0942. The van der Waals surface area contributed by atoms with E-state index in [2.05, 4.69) is 25.6 Å². The van der Waals surface area contributed by atoms with E-state index >= 15 is 0 Å². The summed E-state index contributed by atoms with van der Waals surface area (Å²) in [7, 11) is 0. The minimum Gasteiger partial charge on any atom is -0.482 e. The Morgan fingerprint density at radius 2 is 2.08 bits per heavy atom. The lowest BCUT2D eigenvalue weighted by Gasteiger charge is -2.13. The lowest BCUT2D eigenvalue weighted by Crippen LogP contribution is -2.21. The maximum atomic E-state index is 12.3. The van der Waals surface area contributed by atoms with Gasteiger partial charge in [0.2, 0.25) is 5.95 Å². The molecule has 0 unspecified atom stereocenters. The number of nitrogens with one attached hydrogen (secondary N) is 2. The van der Waals surface area contributed by atoms with Gasteiger partial charge in [0.05, 0.1) is 6.20 Å². The van der Waals surface area contributed by atoms with Gasteiger partial charge in [-0.25, -0.2) is 9.97 Å². The van der Waals surface area contributed by atoms with E-state index in [1.165, 1.54) is 30.7 Å². The predicted molar refractivity (Wildman–Crippen MR) is 87.0 cm³/mol. The van der Waals surface area contributed by atoms with Gasteiger partial charge in [0.1, 0.15) is 17.1 Å². The van der Waals surface area contributed by atoms with Gasteiger partial charge < -0.3 is 15.4 Å². The van der Waals surface area contributed by atoms with Crippen molar-refractivity contribution in [2.45, 2.75) is 19.0 Å². The van der Waals surface area contributed by atoms with Crippen LogP contribution < -0.4 is 15.4 Å². The quantitative estimate of drug-likeness (QED) is 0.782. The van der Waals surface area contributed by atoms with E-state index in [0.29, 0.717) is 11.9 Å². The first-order valence-corrected chi connectivity index (χ1v) is 7.92. The van der Waals surface area contributed by atoms with Crippen molar-refractivity contribution in [3.8, 4) is 5.75 Å². The molecular formula is C16H16F3N5O2. The summed E-state index contributed by atoms with van der Waals surface area (Å²) < 4.78 is 41.7. The second kappa shape index (κ2) is 7.54. The van der Waals surface area contributed by atoms with Crippen molar-refractivity contribution in [2.75, 3.05) is 23.8 Å². The lowest BCUT2D eigenvalue weighted by atomic mass is 10.3. The van der Waals surface area contributed by atoms with Crippen molar-refractivity contribution in [1.82, 2.24) is 15.0 Å². The van der Waals surface area contributed by atoms with Crippen molar-refractivity contribution < 1.29 is 22.7 Å². The number of carbonyl (C=O) groups is 1. The molecule has 1 aliphatic rings. The van der Waals surface area contributed by atoms with Crippen LogP contribution in [0.1, 0.15) is 23.3 Å². The van der Waals surface area contributed by atoms with Crippen LogP contribution in [0.2, 0.25) is 0 Å². The maximum absolute atomic E-state index is 12.3.